The van der Waals surface area contributed by atoms with Crippen molar-refractivity contribution in [3.63, 3.8) is 0 Å². The van der Waals surface area contributed by atoms with Crippen LogP contribution in [0, 0.1) is 0 Å². The number of nitrogens with two attached hydrogens (primary N) is 2. The number of para-hydroxylation sites is 1. The molecule has 0 spiro atoms. The maximum Gasteiger partial charge on any atom is 0.326 e. The number of carboxylic acid groups (broad SMARTS) is 1. The lowest BCUT2D eigenvalue weighted by Crippen LogP contribution is -2.54. The van der Waals surface area contributed by atoms with Crippen LogP contribution in [0.5, 0.6) is 0 Å². The molecule has 1 aromatic heterocycles. The molecule has 2 heterocycles. The molecule has 1 fully saturated rings. The first-order chi connectivity index (χ1) is 15.8. The highest BCUT2D eigenvalue weighted by atomic mass is 16.4. The molecule has 3 unspecified atom stereocenters. The smallest absolute Gasteiger partial charge is 0.326 e. The van der Waals surface area contributed by atoms with E-state index in [9.17, 15) is 19.5 Å². The third-order valence-electron chi connectivity index (χ3n) is 5.67. The molecule has 9 N–H and O–H groups in total. The zero-order chi connectivity index (χ0) is 23.8. The van der Waals surface area contributed by atoms with Gasteiger partial charge in [0.15, 0.2) is 5.96 Å². The second-order valence-corrected chi connectivity index (χ2v) is 8.12. The van der Waals surface area contributed by atoms with E-state index in [0.717, 1.165) is 29.4 Å². The van der Waals surface area contributed by atoms with E-state index in [0.29, 0.717) is 19.4 Å². The van der Waals surface area contributed by atoms with Gasteiger partial charge in [-0.05, 0) is 43.9 Å². The topological polar surface area (TPSA) is 188 Å². The highest BCUT2D eigenvalue weighted by molar-refractivity contribution is 5.92. The minimum Gasteiger partial charge on any atom is -0.480 e. The molecule has 2 aromatic rings. The number of rotatable bonds is 11. The monoisotopic (exact) mass is 457 g/mol. The van der Waals surface area contributed by atoms with Crippen LogP contribution in [-0.4, -0.2) is 65.0 Å². The van der Waals surface area contributed by atoms with E-state index >= 15 is 0 Å². The molecule has 1 saturated heterocycles. The van der Waals surface area contributed by atoms with Crippen LogP contribution in [0.15, 0.2) is 35.5 Å². The van der Waals surface area contributed by atoms with Crippen molar-refractivity contribution in [1.29, 1.82) is 0 Å². The highest BCUT2D eigenvalue weighted by Crippen LogP contribution is 2.19. The SMILES string of the molecule is NC(N)=NCCCC(NC(=O)C1CCCN1)C(=O)NC(Cc1c[nH]c2ccccc12)C(=O)O. The molecular weight excluding hydrogens is 426 g/mol. The quantitative estimate of drug-likeness (QED) is 0.135. The molecule has 3 atom stereocenters. The van der Waals surface area contributed by atoms with Crippen LogP contribution in [0.1, 0.15) is 31.2 Å². The Labute approximate surface area is 191 Å². The van der Waals surface area contributed by atoms with Gasteiger partial charge in [0.05, 0.1) is 6.04 Å². The van der Waals surface area contributed by atoms with Crippen molar-refractivity contribution in [2.45, 2.75) is 50.2 Å². The molecule has 1 aliphatic heterocycles. The lowest BCUT2D eigenvalue weighted by molar-refractivity contribution is -0.142. The number of benzene rings is 1. The van der Waals surface area contributed by atoms with E-state index < -0.39 is 24.0 Å². The number of amides is 2. The Balaban J connectivity index is 1.69. The summed E-state index contributed by atoms with van der Waals surface area (Å²) in [6.45, 7) is 1.03. The second-order valence-electron chi connectivity index (χ2n) is 8.12. The summed E-state index contributed by atoms with van der Waals surface area (Å²) in [6, 6.07) is 5.12. The number of carbonyl (C=O) groups is 3. The normalized spacial score (nSPS) is 17.3. The number of aromatic amines is 1. The molecule has 178 valence electrons. The van der Waals surface area contributed by atoms with Gasteiger partial charge in [-0.25, -0.2) is 4.79 Å². The number of aliphatic imine (C=N–C) groups is 1. The summed E-state index contributed by atoms with van der Waals surface area (Å²) in [5.74, 6) is -2.05. The summed E-state index contributed by atoms with van der Waals surface area (Å²) >= 11 is 0. The Morgan fingerprint density at radius 2 is 1.97 bits per heavy atom. The molecule has 33 heavy (non-hydrogen) atoms. The third kappa shape index (κ3) is 6.69. The van der Waals surface area contributed by atoms with Gasteiger partial charge in [-0.15, -0.1) is 0 Å². The van der Waals surface area contributed by atoms with Crippen LogP contribution in [0.3, 0.4) is 0 Å². The summed E-state index contributed by atoms with van der Waals surface area (Å²) < 4.78 is 0. The number of fused-ring (bicyclic) bond motifs is 1. The third-order valence-corrected chi connectivity index (χ3v) is 5.67. The van der Waals surface area contributed by atoms with Gasteiger partial charge in [0, 0.05) is 30.1 Å². The lowest BCUT2D eigenvalue weighted by Gasteiger charge is -2.23. The number of H-pyrrole nitrogens is 1. The van der Waals surface area contributed by atoms with Crippen molar-refractivity contribution in [3.8, 4) is 0 Å². The molecule has 1 aliphatic rings. The maximum atomic E-state index is 13.0. The Morgan fingerprint density at radius 3 is 2.67 bits per heavy atom. The average molecular weight is 458 g/mol. The molecule has 2 amide bonds. The number of carbonyl (C=O) groups excluding carboxylic acids is 2. The first kappa shape index (κ1) is 24.1. The Bertz CT molecular complexity index is 1010. The van der Waals surface area contributed by atoms with E-state index in [-0.39, 0.29) is 30.8 Å². The van der Waals surface area contributed by atoms with Crippen LogP contribution in [0.2, 0.25) is 0 Å². The Kier molecular flexibility index (Phi) is 8.25. The van der Waals surface area contributed by atoms with Gasteiger partial charge < -0.3 is 37.5 Å². The highest BCUT2D eigenvalue weighted by Gasteiger charge is 2.30. The second kappa shape index (κ2) is 11.3. The van der Waals surface area contributed by atoms with Gasteiger partial charge >= 0.3 is 5.97 Å². The first-order valence-electron chi connectivity index (χ1n) is 11.0. The van der Waals surface area contributed by atoms with Crippen LogP contribution in [0.25, 0.3) is 10.9 Å². The molecule has 0 bridgehead atoms. The molecule has 3 rings (SSSR count). The summed E-state index contributed by atoms with van der Waals surface area (Å²) in [4.78, 5) is 44.5. The Morgan fingerprint density at radius 1 is 1.18 bits per heavy atom. The van der Waals surface area contributed by atoms with Gasteiger partial charge in [-0.3, -0.25) is 14.6 Å². The van der Waals surface area contributed by atoms with Gasteiger partial charge in [0.2, 0.25) is 11.8 Å². The fraction of sp³-hybridized carbons (Fsp3) is 0.455. The van der Waals surface area contributed by atoms with Gasteiger partial charge in [-0.1, -0.05) is 18.2 Å². The molecule has 0 radical (unpaired) electrons. The van der Waals surface area contributed by atoms with Gasteiger partial charge in [-0.2, -0.15) is 0 Å². The summed E-state index contributed by atoms with van der Waals surface area (Å²) in [5, 5.41) is 19.1. The number of guanidine groups is 1. The van der Waals surface area contributed by atoms with Crippen LogP contribution in [0.4, 0.5) is 0 Å². The van der Waals surface area contributed by atoms with Crippen molar-refractivity contribution in [2.75, 3.05) is 13.1 Å². The van der Waals surface area contributed by atoms with E-state index in [1.54, 1.807) is 6.20 Å². The van der Waals surface area contributed by atoms with Gasteiger partial charge in [0.25, 0.3) is 0 Å². The standard InChI is InChI=1S/C22H31N7O4/c23-22(24)26-10-4-8-17(28-19(30)16-7-3-9-25-16)20(31)29-18(21(32)33)11-13-12-27-15-6-2-1-5-14(13)15/h1-2,5-6,12,16-18,25,27H,3-4,7-11H2,(H,28,30)(H,29,31)(H,32,33)(H4,23,24,26). The average Bonchev–Trinajstić information content (AvgIpc) is 3.45. The minimum atomic E-state index is -1.16. The molecule has 0 aliphatic carbocycles. The fourth-order valence-electron chi connectivity index (χ4n) is 3.95. The number of carboxylic acids is 1. The number of aliphatic carboxylic acids is 1. The molecule has 1 aromatic carbocycles. The summed E-state index contributed by atoms with van der Waals surface area (Å²) in [7, 11) is 0. The van der Waals surface area contributed by atoms with Crippen molar-refractivity contribution in [2.24, 2.45) is 16.5 Å². The Hall–Kier alpha value is -3.60. The van der Waals surface area contributed by atoms with Crippen molar-refractivity contribution >= 4 is 34.6 Å². The fourth-order valence-corrected chi connectivity index (χ4v) is 3.95. The number of aromatic nitrogens is 1. The largest absolute Gasteiger partial charge is 0.480 e. The van der Waals surface area contributed by atoms with E-state index in [4.69, 9.17) is 11.5 Å². The summed E-state index contributed by atoms with van der Waals surface area (Å²) in [6.07, 6.45) is 4.11. The molecule has 11 heteroatoms. The molecule has 0 saturated carbocycles. The molecule has 11 nitrogen and oxygen atoms in total. The van der Waals surface area contributed by atoms with Crippen molar-refractivity contribution < 1.29 is 19.5 Å². The lowest BCUT2D eigenvalue weighted by atomic mass is 10.0. The maximum absolute atomic E-state index is 13.0. The number of hydrogen-bond donors (Lipinski definition) is 7. The van der Waals surface area contributed by atoms with E-state index in [1.807, 2.05) is 24.3 Å². The van der Waals surface area contributed by atoms with E-state index in [2.05, 4.69) is 25.9 Å². The zero-order valence-corrected chi connectivity index (χ0v) is 18.3. The minimum absolute atomic E-state index is 0.0557. The van der Waals surface area contributed by atoms with E-state index in [1.165, 1.54) is 0 Å². The first-order valence-corrected chi connectivity index (χ1v) is 11.0. The van der Waals surface area contributed by atoms with Gasteiger partial charge in [0.1, 0.15) is 12.1 Å². The number of nitrogens with zero attached hydrogens (tertiary/aromatic N) is 1. The number of nitrogens with one attached hydrogen (secondary N) is 4. The predicted octanol–water partition coefficient (Wildman–Crippen LogP) is -0.430. The van der Waals surface area contributed by atoms with Crippen LogP contribution < -0.4 is 27.4 Å². The predicted molar refractivity (Wildman–Crippen MR) is 124 cm³/mol. The zero-order valence-electron chi connectivity index (χ0n) is 18.3. The molecular formula is C22H31N7O4. The number of hydrogen-bond acceptors (Lipinski definition) is 5. The van der Waals surface area contributed by atoms with Crippen LogP contribution >= 0.6 is 0 Å². The van der Waals surface area contributed by atoms with Crippen molar-refractivity contribution in [1.82, 2.24) is 20.9 Å². The summed E-state index contributed by atoms with van der Waals surface area (Å²) in [5.41, 5.74) is 12.3. The van der Waals surface area contributed by atoms with Crippen LogP contribution in [-0.2, 0) is 20.8 Å². The van der Waals surface area contributed by atoms with Crippen molar-refractivity contribution in [3.05, 3.63) is 36.0 Å².